The lowest BCUT2D eigenvalue weighted by molar-refractivity contribution is 0.0952. The van der Waals surface area contributed by atoms with Gasteiger partial charge >= 0.3 is 0 Å². The van der Waals surface area contributed by atoms with Crippen molar-refractivity contribution in [3.8, 4) is 0 Å². The van der Waals surface area contributed by atoms with Gasteiger partial charge in [0.25, 0.3) is 5.91 Å². The third kappa shape index (κ3) is 4.43. The van der Waals surface area contributed by atoms with E-state index in [4.69, 9.17) is 5.73 Å². The molecule has 0 aliphatic carbocycles. The van der Waals surface area contributed by atoms with Crippen LogP contribution in [0, 0.1) is 0 Å². The molecule has 0 bridgehead atoms. The molecule has 0 fully saturated rings. The van der Waals surface area contributed by atoms with E-state index in [9.17, 15) is 4.79 Å². The maximum Gasteiger partial charge on any atom is 0.251 e. The lowest BCUT2D eigenvalue weighted by atomic mass is 9.98. The van der Waals surface area contributed by atoms with Crippen LogP contribution in [0.15, 0.2) is 54.6 Å². The van der Waals surface area contributed by atoms with Crippen LogP contribution in [0.2, 0.25) is 0 Å². The molecule has 2 aromatic rings. The van der Waals surface area contributed by atoms with Gasteiger partial charge in [-0.1, -0.05) is 49.4 Å². The molecule has 1 amide bonds. The van der Waals surface area contributed by atoms with Crippen molar-refractivity contribution in [1.82, 2.24) is 5.32 Å². The minimum absolute atomic E-state index is 0.0365. The van der Waals surface area contributed by atoms with E-state index in [2.05, 4.69) is 24.4 Å². The Balaban J connectivity index is 1.84. The van der Waals surface area contributed by atoms with Crippen molar-refractivity contribution < 1.29 is 4.79 Å². The fourth-order valence-electron chi connectivity index (χ4n) is 2.29. The topological polar surface area (TPSA) is 55.1 Å². The Morgan fingerprint density at radius 1 is 1.14 bits per heavy atom. The molecule has 21 heavy (non-hydrogen) atoms. The maximum atomic E-state index is 12.1. The molecule has 2 aromatic carbocycles. The van der Waals surface area contributed by atoms with E-state index in [0.29, 0.717) is 24.6 Å². The summed E-state index contributed by atoms with van der Waals surface area (Å²) in [7, 11) is 0. The third-order valence-corrected chi connectivity index (χ3v) is 3.66. The zero-order chi connectivity index (χ0) is 15.1. The van der Waals surface area contributed by atoms with Gasteiger partial charge in [-0.3, -0.25) is 4.79 Å². The van der Waals surface area contributed by atoms with Crippen LogP contribution >= 0.6 is 0 Å². The number of nitrogens with one attached hydrogen (secondary N) is 1. The van der Waals surface area contributed by atoms with Gasteiger partial charge in [-0.05, 0) is 35.6 Å². The van der Waals surface area contributed by atoms with Gasteiger partial charge in [-0.15, -0.1) is 0 Å². The second kappa shape index (κ2) is 7.60. The van der Waals surface area contributed by atoms with Crippen LogP contribution in [-0.2, 0) is 6.54 Å². The van der Waals surface area contributed by atoms with Crippen LogP contribution in [0.3, 0.4) is 0 Å². The molecule has 0 aliphatic rings. The van der Waals surface area contributed by atoms with E-state index < -0.39 is 0 Å². The van der Waals surface area contributed by atoms with Crippen molar-refractivity contribution >= 4 is 5.91 Å². The lowest BCUT2D eigenvalue weighted by Crippen LogP contribution is -2.25. The Bertz CT molecular complexity index is 581. The number of hydrogen-bond acceptors (Lipinski definition) is 2. The average Bonchev–Trinajstić information content (AvgIpc) is 2.55. The standard InChI is InChI=1S/C18H22N2O/c1-14(16-7-3-2-4-8-16)10-11-20-18(21)17-9-5-6-15(12-17)13-19/h2-9,12,14H,10-11,13,19H2,1H3,(H,20,21). The highest BCUT2D eigenvalue weighted by Crippen LogP contribution is 2.17. The fraction of sp³-hybridized carbons (Fsp3) is 0.278. The van der Waals surface area contributed by atoms with E-state index in [1.165, 1.54) is 5.56 Å². The van der Waals surface area contributed by atoms with Crippen LogP contribution in [0.25, 0.3) is 0 Å². The lowest BCUT2D eigenvalue weighted by Gasteiger charge is -2.12. The zero-order valence-electron chi connectivity index (χ0n) is 12.4. The van der Waals surface area contributed by atoms with Crippen LogP contribution in [0.1, 0.15) is 40.7 Å². The molecule has 0 radical (unpaired) electrons. The van der Waals surface area contributed by atoms with Crippen LogP contribution in [-0.4, -0.2) is 12.5 Å². The first-order valence-electron chi connectivity index (χ1n) is 7.33. The minimum atomic E-state index is -0.0365. The number of hydrogen-bond donors (Lipinski definition) is 2. The summed E-state index contributed by atoms with van der Waals surface area (Å²) < 4.78 is 0. The smallest absolute Gasteiger partial charge is 0.251 e. The molecule has 3 N–H and O–H groups in total. The molecule has 0 aliphatic heterocycles. The molecule has 1 unspecified atom stereocenters. The summed E-state index contributed by atoms with van der Waals surface area (Å²) in [5, 5.41) is 2.97. The van der Waals surface area contributed by atoms with E-state index in [-0.39, 0.29) is 5.91 Å². The van der Waals surface area contributed by atoms with Gasteiger partial charge in [0.15, 0.2) is 0 Å². The highest BCUT2D eigenvalue weighted by atomic mass is 16.1. The number of nitrogens with two attached hydrogens (primary N) is 1. The van der Waals surface area contributed by atoms with Gasteiger partial charge in [-0.2, -0.15) is 0 Å². The molecular weight excluding hydrogens is 260 g/mol. The molecule has 0 heterocycles. The van der Waals surface area contributed by atoms with Crippen molar-refractivity contribution in [2.75, 3.05) is 6.54 Å². The summed E-state index contributed by atoms with van der Waals surface area (Å²) >= 11 is 0. The van der Waals surface area contributed by atoms with Crippen molar-refractivity contribution in [2.24, 2.45) is 5.73 Å². The molecule has 0 saturated heterocycles. The van der Waals surface area contributed by atoms with Gasteiger partial charge in [-0.25, -0.2) is 0 Å². The van der Waals surface area contributed by atoms with Gasteiger partial charge in [0.1, 0.15) is 0 Å². The Morgan fingerprint density at radius 3 is 2.62 bits per heavy atom. The highest BCUT2D eigenvalue weighted by molar-refractivity contribution is 5.94. The number of amides is 1. The van der Waals surface area contributed by atoms with Gasteiger partial charge in [0.2, 0.25) is 0 Å². The SMILES string of the molecule is CC(CCNC(=O)c1cccc(CN)c1)c1ccccc1. The Labute approximate surface area is 126 Å². The summed E-state index contributed by atoms with van der Waals surface area (Å²) in [6, 6.07) is 17.8. The maximum absolute atomic E-state index is 12.1. The summed E-state index contributed by atoms with van der Waals surface area (Å²) in [6.45, 7) is 3.30. The van der Waals surface area contributed by atoms with Crippen molar-refractivity contribution in [2.45, 2.75) is 25.8 Å². The average molecular weight is 282 g/mol. The molecular formula is C18H22N2O. The van der Waals surface area contributed by atoms with Crippen LogP contribution < -0.4 is 11.1 Å². The van der Waals surface area contributed by atoms with E-state index in [0.717, 1.165) is 12.0 Å². The zero-order valence-corrected chi connectivity index (χ0v) is 12.4. The second-order valence-corrected chi connectivity index (χ2v) is 5.26. The van der Waals surface area contributed by atoms with Gasteiger partial charge in [0.05, 0.1) is 0 Å². The minimum Gasteiger partial charge on any atom is -0.352 e. The number of carbonyl (C=O) groups is 1. The van der Waals surface area contributed by atoms with E-state index >= 15 is 0 Å². The highest BCUT2D eigenvalue weighted by Gasteiger charge is 2.08. The number of rotatable bonds is 6. The van der Waals surface area contributed by atoms with Gasteiger partial charge in [0, 0.05) is 18.7 Å². The third-order valence-electron chi connectivity index (χ3n) is 3.66. The Hall–Kier alpha value is -2.13. The summed E-state index contributed by atoms with van der Waals surface area (Å²) in [5.41, 5.74) is 8.54. The molecule has 0 aromatic heterocycles. The molecule has 3 nitrogen and oxygen atoms in total. The van der Waals surface area contributed by atoms with E-state index in [1.54, 1.807) is 0 Å². The summed E-state index contributed by atoms with van der Waals surface area (Å²) in [5.74, 6) is 0.396. The quantitative estimate of drug-likeness (QED) is 0.855. The van der Waals surface area contributed by atoms with Crippen molar-refractivity contribution in [3.63, 3.8) is 0 Å². The largest absolute Gasteiger partial charge is 0.352 e. The molecule has 1 atom stereocenters. The first kappa shape index (κ1) is 15.3. The van der Waals surface area contributed by atoms with Crippen LogP contribution in [0.4, 0.5) is 0 Å². The van der Waals surface area contributed by atoms with Crippen LogP contribution in [0.5, 0.6) is 0 Å². The predicted molar refractivity (Wildman–Crippen MR) is 86.1 cm³/mol. The predicted octanol–water partition coefficient (Wildman–Crippen LogP) is 3.07. The summed E-state index contributed by atoms with van der Waals surface area (Å²) in [4.78, 5) is 12.1. The van der Waals surface area contributed by atoms with Crippen molar-refractivity contribution in [3.05, 3.63) is 71.3 Å². The second-order valence-electron chi connectivity index (χ2n) is 5.26. The van der Waals surface area contributed by atoms with E-state index in [1.807, 2.05) is 42.5 Å². The fourth-order valence-corrected chi connectivity index (χ4v) is 2.29. The Morgan fingerprint density at radius 2 is 1.90 bits per heavy atom. The first-order chi connectivity index (χ1) is 10.2. The molecule has 3 heteroatoms. The molecule has 0 spiro atoms. The number of carbonyl (C=O) groups excluding carboxylic acids is 1. The molecule has 2 rings (SSSR count). The monoisotopic (exact) mass is 282 g/mol. The van der Waals surface area contributed by atoms with Gasteiger partial charge < -0.3 is 11.1 Å². The molecule has 0 saturated carbocycles. The normalized spacial score (nSPS) is 11.9. The van der Waals surface area contributed by atoms with Crippen molar-refractivity contribution in [1.29, 1.82) is 0 Å². The summed E-state index contributed by atoms with van der Waals surface area (Å²) in [6.07, 6.45) is 0.923. The molecule has 110 valence electrons. The first-order valence-corrected chi connectivity index (χ1v) is 7.33. The number of benzene rings is 2. The Kier molecular flexibility index (Phi) is 5.52.